The fourth-order valence-corrected chi connectivity index (χ4v) is 1.96. The molecule has 0 fully saturated rings. The normalized spacial score (nSPS) is 10.3. The van der Waals surface area contributed by atoms with Gasteiger partial charge >= 0.3 is 0 Å². The van der Waals surface area contributed by atoms with Crippen molar-refractivity contribution >= 4 is 23.6 Å². The van der Waals surface area contributed by atoms with Crippen LogP contribution in [0.15, 0.2) is 0 Å². The molecule has 0 saturated heterocycles. The maximum absolute atomic E-state index is 11.8. The smallest absolute Gasteiger partial charge is 0.227 e. The van der Waals surface area contributed by atoms with E-state index in [4.69, 9.17) is 15.6 Å². The van der Waals surface area contributed by atoms with E-state index in [2.05, 4.69) is 0 Å². The van der Waals surface area contributed by atoms with Crippen LogP contribution in [0.3, 0.4) is 0 Å². The SMILES string of the molecule is CCN(CCOCCO)C(=O)CCSCC(N)=O. The maximum Gasteiger partial charge on any atom is 0.227 e. The largest absolute Gasteiger partial charge is 0.394 e. The summed E-state index contributed by atoms with van der Waals surface area (Å²) in [5.41, 5.74) is 5.00. The lowest BCUT2D eigenvalue weighted by atomic mass is 10.4. The van der Waals surface area contributed by atoms with Crippen LogP contribution in [0.4, 0.5) is 0 Å². The molecule has 0 aliphatic carbocycles. The molecule has 2 amide bonds. The van der Waals surface area contributed by atoms with Gasteiger partial charge in [-0.05, 0) is 6.92 Å². The molecule has 0 radical (unpaired) electrons. The van der Waals surface area contributed by atoms with E-state index in [-0.39, 0.29) is 24.2 Å². The second kappa shape index (κ2) is 11.3. The molecule has 0 saturated carbocycles. The highest BCUT2D eigenvalue weighted by Crippen LogP contribution is 2.04. The molecule has 106 valence electrons. The van der Waals surface area contributed by atoms with Crippen LogP contribution in [0.1, 0.15) is 13.3 Å². The number of carbonyl (C=O) groups is 2. The third kappa shape index (κ3) is 9.26. The lowest BCUT2D eigenvalue weighted by Gasteiger charge is -2.20. The summed E-state index contributed by atoms with van der Waals surface area (Å²) in [7, 11) is 0. The van der Waals surface area contributed by atoms with Crippen molar-refractivity contribution < 1.29 is 19.4 Å². The van der Waals surface area contributed by atoms with Gasteiger partial charge in [0.1, 0.15) is 0 Å². The van der Waals surface area contributed by atoms with Crippen molar-refractivity contribution in [3.63, 3.8) is 0 Å². The van der Waals surface area contributed by atoms with Crippen LogP contribution in [0.5, 0.6) is 0 Å². The highest BCUT2D eigenvalue weighted by atomic mass is 32.2. The van der Waals surface area contributed by atoms with E-state index in [1.165, 1.54) is 11.8 Å². The minimum Gasteiger partial charge on any atom is -0.394 e. The Morgan fingerprint density at radius 3 is 2.67 bits per heavy atom. The van der Waals surface area contributed by atoms with Gasteiger partial charge in [-0.2, -0.15) is 11.8 Å². The molecule has 0 rings (SSSR count). The standard InChI is InChI=1S/C11H22N2O4S/c1-2-13(4-6-17-7-5-14)11(16)3-8-18-9-10(12)15/h14H,2-9H2,1H3,(H2,12,15). The minimum absolute atomic E-state index is 0.0101. The molecule has 7 heteroatoms. The number of carbonyl (C=O) groups excluding carboxylic acids is 2. The van der Waals surface area contributed by atoms with Crippen molar-refractivity contribution in [2.45, 2.75) is 13.3 Å². The van der Waals surface area contributed by atoms with Crippen molar-refractivity contribution in [3.05, 3.63) is 0 Å². The van der Waals surface area contributed by atoms with Crippen LogP contribution in [0, 0.1) is 0 Å². The van der Waals surface area contributed by atoms with E-state index in [1.54, 1.807) is 4.90 Å². The molecule has 0 atom stereocenters. The summed E-state index contributed by atoms with van der Waals surface area (Å²) >= 11 is 1.36. The van der Waals surface area contributed by atoms with Crippen molar-refractivity contribution in [1.29, 1.82) is 0 Å². The molecule has 0 unspecified atom stereocenters. The van der Waals surface area contributed by atoms with Gasteiger partial charge in [0.15, 0.2) is 0 Å². The second-order valence-electron chi connectivity index (χ2n) is 3.58. The first kappa shape index (κ1) is 17.2. The van der Waals surface area contributed by atoms with Crippen molar-refractivity contribution in [3.8, 4) is 0 Å². The number of nitrogens with zero attached hydrogens (tertiary/aromatic N) is 1. The summed E-state index contributed by atoms with van der Waals surface area (Å²) < 4.78 is 5.11. The Balaban J connectivity index is 3.71. The minimum atomic E-state index is -0.364. The number of amides is 2. The van der Waals surface area contributed by atoms with Crippen LogP contribution in [0.2, 0.25) is 0 Å². The third-order valence-electron chi connectivity index (χ3n) is 2.18. The molecule has 0 aromatic heterocycles. The van der Waals surface area contributed by atoms with Gasteiger partial charge in [0.25, 0.3) is 0 Å². The van der Waals surface area contributed by atoms with E-state index < -0.39 is 0 Å². The molecule has 18 heavy (non-hydrogen) atoms. The molecule has 0 aliphatic rings. The molecule has 0 heterocycles. The van der Waals surface area contributed by atoms with Crippen LogP contribution >= 0.6 is 11.8 Å². The molecule has 0 bridgehead atoms. The van der Waals surface area contributed by atoms with Crippen molar-refractivity contribution in [1.82, 2.24) is 4.90 Å². The summed E-state index contributed by atoms with van der Waals surface area (Å²) in [4.78, 5) is 24.0. The summed E-state index contributed by atoms with van der Waals surface area (Å²) in [6.45, 7) is 3.76. The topological polar surface area (TPSA) is 92.9 Å². The Morgan fingerprint density at radius 2 is 2.11 bits per heavy atom. The molecule has 0 spiro atoms. The van der Waals surface area contributed by atoms with Gasteiger partial charge in [0.05, 0.1) is 25.6 Å². The summed E-state index contributed by atoms with van der Waals surface area (Å²) in [5, 5.41) is 8.54. The first-order valence-corrected chi connectivity index (χ1v) is 7.09. The van der Waals surface area contributed by atoms with E-state index in [0.717, 1.165) is 0 Å². The van der Waals surface area contributed by atoms with Crippen LogP contribution in [-0.2, 0) is 14.3 Å². The van der Waals surface area contributed by atoms with Gasteiger partial charge in [0.2, 0.25) is 11.8 Å². The van der Waals surface area contributed by atoms with Crippen LogP contribution < -0.4 is 5.73 Å². The number of aliphatic hydroxyl groups is 1. The number of primary amides is 1. The van der Waals surface area contributed by atoms with E-state index in [9.17, 15) is 9.59 Å². The molecule has 0 aliphatic heterocycles. The molecule has 0 aromatic carbocycles. The second-order valence-corrected chi connectivity index (χ2v) is 4.68. The highest BCUT2D eigenvalue weighted by Gasteiger charge is 2.11. The Labute approximate surface area is 112 Å². The predicted octanol–water partition coefficient (Wildman–Crippen LogP) is -0.548. The number of thioether (sulfide) groups is 1. The first-order chi connectivity index (χ1) is 8.61. The van der Waals surface area contributed by atoms with Gasteiger partial charge in [-0.3, -0.25) is 9.59 Å². The van der Waals surface area contributed by atoms with E-state index in [1.807, 2.05) is 6.92 Å². The average molecular weight is 278 g/mol. The summed E-state index contributed by atoms with van der Waals surface area (Å²) in [5.74, 6) is 0.522. The molecular weight excluding hydrogens is 256 g/mol. The number of rotatable bonds is 11. The monoisotopic (exact) mass is 278 g/mol. The zero-order chi connectivity index (χ0) is 13.8. The lowest BCUT2D eigenvalue weighted by molar-refractivity contribution is -0.131. The van der Waals surface area contributed by atoms with Gasteiger partial charge in [-0.25, -0.2) is 0 Å². The van der Waals surface area contributed by atoms with E-state index >= 15 is 0 Å². The highest BCUT2D eigenvalue weighted by molar-refractivity contribution is 7.99. The van der Waals surface area contributed by atoms with Gasteiger partial charge < -0.3 is 20.5 Å². The number of ether oxygens (including phenoxy) is 1. The molecule has 3 N–H and O–H groups in total. The number of likely N-dealkylation sites (N-methyl/N-ethyl adjacent to an activating group) is 1. The average Bonchev–Trinajstić information content (AvgIpc) is 2.34. The zero-order valence-corrected chi connectivity index (χ0v) is 11.6. The van der Waals surface area contributed by atoms with E-state index in [0.29, 0.717) is 38.5 Å². The number of nitrogens with two attached hydrogens (primary N) is 1. The Bertz CT molecular complexity index is 251. The number of hydrogen-bond acceptors (Lipinski definition) is 5. The fourth-order valence-electron chi connectivity index (χ4n) is 1.29. The Kier molecular flexibility index (Phi) is 10.8. The maximum atomic E-state index is 11.8. The quantitative estimate of drug-likeness (QED) is 0.495. The predicted molar refractivity (Wildman–Crippen MR) is 71.3 cm³/mol. The van der Waals surface area contributed by atoms with Gasteiger partial charge in [0, 0.05) is 25.3 Å². The third-order valence-corrected chi connectivity index (χ3v) is 3.16. The Morgan fingerprint density at radius 1 is 1.39 bits per heavy atom. The van der Waals surface area contributed by atoms with Crippen molar-refractivity contribution in [2.24, 2.45) is 5.73 Å². The molecule has 0 aromatic rings. The lowest BCUT2D eigenvalue weighted by Crippen LogP contribution is -2.34. The summed E-state index contributed by atoms with van der Waals surface area (Å²) in [6, 6.07) is 0. The van der Waals surface area contributed by atoms with Gasteiger partial charge in [-0.15, -0.1) is 0 Å². The fraction of sp³-hybridized carbons (Fsp3) is 0.818. The number of aliphatic hydroxyl groups excluding tert-OH is 1. The molecular formula is C11H22N2O4S. The van der Waals surface area contributed by atoms with Crippen LogP contribution in [-0.4, -0.2) is 66.2 Å². The van der Waals surface area contributed by atoms with Crippen LogP contribution in [0.25, 0.3) is 0 Å². The number of hydrogen-bond donors (Lipinski definition) is 2. The Hall–Kier alpha value is -0.790. The molecule has 6 nitrogen and oxygen atoms in total. The first-order valence-electron chi connectivity index (χ1n) is 5.94. The summed E-state index contributed by atoms with van der Waals surface area (Å²) in [6.07, 6.45) is 0.395. The van der Waals surface area contributed by atoms with Gasteiger partial charge in [-0.1, -0.05) is 0 Å². The van der Waals surface area contributed by atoms with Crippen molar-refractivity contribution in [2.75, 3.05) is 44.4 Å². The zero-order valence-electron chi connectivity index (χ0n) is 10.8.